The highest BCUT2D eigenvalue weighted by atomic mass is 15.1. The number of aromatic nitrogens is 1. The van der Waals surface area contributed by atoms with Gasteiger partial charge in [-0.3, -0.25) is 4.98 Å². The van der Waals surface area contributed by atoms with E-state index in [9.17, 15) is 0 Å². The maximum absolute atomic E-state index is 4.49. The zero-order valence-corrected chi connectivity index (χ0v) is 11.7. The van der Waals surface area contributed by atoms with E-state index in [0.717, 1.165) is 19.6 Å². The Hall–Kier alpha value is -0.930. The third-order valence-electron chi connectivity index (χ3n) is 2.75. The number of hydrogen-bond donors (Lipinski definition) is 1. The van der Waals surface area contributed by atoms with Crippen LogP contribution in [0.4, 0.5) is 0 Å². The lowest BCUT2D eigenvalue weighted by Crippen LogP contribution is -2.35. The van der Waals surface area contributed by atoms with Crippen LogP contribution in [0.2, 0.25) is 0 Å². The van der Waals surface area contributed by atoms with Crippen LogP contribution in [0.15, 0.2) is 18.3 Å². The molecule has 0 aliphatic carbocycles. The first kappa shape index (κ1) is 14.1. The third kappa shape index (κ3) is 5.29. The number of rotatable bonds is 5. The molecule has 0 spiro atoms. The Bertz CT molecular complexity index is 342. The van der Waals surface area contributed by atoms with Crippen molar-refractivity contribution in [1.82, 2.24) is 15.2 Å². The summed E-state index contributed by atoms with van der Waals surface area (Å²) < 4.78 is 0. The molecule has 0 aliphatic rings. The van der Waals surface area contributed by atoms with Gasteiger partial charge in [-0.25, -0.2) is 0 Å². The van der Waals surface area contributed by atoms with Crippen LogP contribution in [-0.2, 0) is 13.1 Å². The fourth-order valence-electron chi connectivity index (χ4n) is 1.50. The fourth-order valence-corrected chi connectivity index (χ4v) is 1.50. The van der Waals surface area contributed by atoms with E-state index >= 15 is 0 Å². The maximum Gasteiger partial charge on any atom is 0.0588 e. The molecule has 1 heterocycles. The number of nitrogens with one attached hydrogen (secondary N) is 1. The van der Waals surface area contributed by atoms with Crippen LogP contribution in [0.5, 0.6) is 0 Å². The van der Waals surface area contributed by atoms with Crippen LogP contribution in [-0.4, -0.2) is 29.0 Å². The van der Waals surface area contributed by atoms with Gasteiger partial charge in [-0.2, -0.15) is 0 Å². The minimum absolute atomic E-state index is 0.143. The highest BCUT2D eigenvalue weighted by Crippen LogP contribution is 2.10. The summed E-state index contributed by atoms with van der Waals surface area (Å²) >= 11 is 0. The van der Waals surface area contributed by atoms with Gasteiger partial charge in [0.15, 0.2) is 0 Å². The predicted molar refractivity (Wildman–Crippen MR) is 72.8 cm³/mol. The molecule has 0 atom stereocenters. The molecule has 0 fully saturated rings. The van der Waals surface area contributed by atoms with Crippen molar-refractivity contribution in [2.24, 2.45) is 0 Å². The standard InChI is InChI=1S/C14H25N3/c1-6-17(5)11-13-12(8-7-9-15-13)10-16-14(2,3)4/h7-9,16H,6,10-11H2,1-5H3. The molecule has 0 aromatic carbocycles. The molecule has 1 aromatic heterocycles. The summed E-state index contributed by atoms with van der Waals surface area (Å²) in [6.45, 7) is 11.5. The van der Waals surface area contributed by atoms with Gasteiger partial charge in [-0.1, -0.05) is 13.0 Å². The second-order valence-electron chi connectivity index (χ2n) is 5.54. The minimum atomic E-state index is 0.143. The molecule has 1 N–H and O–H groups in total. The van der Waals surface area contributed by atoms with Crippen LogP contribution in [0, 0.1) is 0 Å². The molecule has 0 aliphatic heterocycles. The van der Waals surface area contributed by atoms with Crippen molar-refractivity contribution in [1.29, 1.82) is 0 Å². The summed E-state index contributed by atoms with van der Waals surface area (Å²) in [7, 11) is 2.12. The summed E-state index contributed by atoms with van der Waals surface area (Å²) in [5.74, 6) is 0. The Kier molecular flexibility index (Phi) is 5.09. The Morgan fingerprint density at radius 1 is 1.35 bits per heavy atom. The van der Waals surface area contributed by atoms with Crippen molar-refractivity contribution in [3.05, 3.63) is 29.6 Å². The lowest BCUT2D eigenvalue weighted by molar-refractivity contribution is 0.338. The maximum atomic E-state index is 4.49. The lowest BCUT2D eigenvalue weighted by atomic mass is 10.1. The molecule has 0 amide bonds. The minimum Gasteiger partial charge on any atom is -0.308 e. The second kappa shape index (κ2) is 6.12. The SMILES string of the molecule is CCN(C)Cc1ncccc1CNC(C)(C)C. The molecule has 0 saturated heterocycles. The van der Waals surface area contributed by atoms with E-state index in [1.54, 1.807) is 0 Å². The summed E-state index contributed by atoms with van der Waals surface area (Å²) in [6.07, 6.45) is 1.87. The zero-order valence-electron chi connectivity index (χ0n) is 11.7. The normalized spacial score (nSPS) is 12.1. The van der Waals surface area contributed by atoms with E-state index in [4.69, 9.17) is 0 Å². The largest absolute Gasteiger partial charge is 0.308 e. The molecular formula is C14H25N3. The third-order valence-corrected chi connectivity index (χ3v) is 2.75. The van der Waals surface area contributed by atoms with Crippen molar-refractivity contribution in [3.63, 3.8) is 0 Å². The molecule has 96 valence electrons. The number of pyridine rings is 1. The van der Waals surface area contributed by atoms with Gasteiger partial charge in [-0.05, 0) is 46.0 Å². The highest BCUT2D eigenvalue weighted by Gasteiger charge is 2.11. The highest BCUT2D eigenvalue weighted by molar-refractivity contribution is 5.19. The first-order chi connectivity index (χ1) is 7.92. The molecule has 0 unspecified atom stereocenters. The van der Waals surface area contributed by atoms with E-state index in [0.29, 0.717) is 0 Å². The molecule has 0 saturated carbocycles. The van der Waals surface area contributed by atoms with Gasteiger partial charge in [0, 0.05) is 24.8 Å². The molecule has 0 radical (unpaired) electrons. The van der Waals surface area contributed by atoms with Crippen LogP contribution in [0.3, 0.4) is 0 Å². The van der Waals surface area contributed by atoms with Crippen molar-refractivity contribution >= 4 is 0 Å². The summed E-state index contributed by atoms with van der Waals surface area (Å²) in [6, 6.07) is 4.17. The van der Waals surface area contributed by atoms with Crippen molar-refractivity contribution in [3.8, 4) is 0 Å². The van der Waals surface area contributed by atoms with E-state index in [2.05, 4.69) is 56.0 Å². The molecule has 3 heteroatoms. The van der Waals surface area contributed by atoms with E-state index in [1.807, 2.05) is 12.3 Å². The van der Waals surface area contributed by atoms with Gasteiger partial charge < -0.3 is 10.2 Å². The molecule has 1 rings (SSSR count). The van der Waals surface area contributed by atoms with Crippen molar-refractivity contribution in [2.45, 2.75) is 46.3 Å². The van der Waals surface area contributed by atoms with Crippen molar-refractivity contribution < 1.29 is 0 Å². The number of hydrogen-bond acceptors (Lipinski definition) is 3. The van der Waals surface area contributed by atoms with E-state index in [-0.39, 0.29) is 5.54 Å². The van der Waals surface area contributed by atoms with E-state index in [1.165, 1.54) is 11.3 Å². The average molecular weight is 235 g/mol. The van der Waals surface area contributed by atoms with Crippen LogP contribution >= 0.6 is 0 Å². The van der Waals surface area contributed by atoms with Crippen molar-refractivity contribution in [2.75, 3.05) is 13.6 Å². The van der Waals surface area contributed by atoms with Gasteiger partial charge in [0.25, 0.3) is 0 Å². The van der Waals surface area contributed by atoms with Gasteiger partial charge in [-0.15, -0.1) is 0 Å². The van der Waals surface area contributed by atoms with E-state index < -0.39 is 0 Å². The van der Waals surface area contributed by atoms with Gasteiger partial charge in [0.1, 0.15) is 0 Å². The first-order valence-electron chi connectivity index (χ1n) is 6.28. The summed E-state index contributed by atoms with van der Waals surface area (Å²) in [4.78, 5) is 6.75. The predicted octanol–water partition coefficient (Wildman–Crippen LogP) is 2.42. The summed E-state index contributed by atoms with van der Waals surface area (Å²) in [5.41, 5.74) is 2.61. The monoisotopic (exact) mass is 235 g/mol. The average Bonchev–Trinajstić information content (AvgIpc) is 2.26. The Balaban J connectivity index is 2.70. The topological polar surface area (TPSA) is 28.2 Å². The Morgan fingerprint density at radius 3 is 2.65 bits per heavy atom. The first-order valence-corrected chi connectivity index (χ1v) is 6.28. The smallest absolute Gasteiger partial charge is 0.0588 e. The zero-order chi connectivity index (χ0) is 12.9. The molecule has 3 nitrogen and oxygen atoms in total. The molecule has 17 heavy (non-hydrogen) atoms. The Labute approximate surface area is 105 Å². The van der Waals surface area contributed by atoms with Gasteiger partial charge in [0.05, 0.1) is 5.69 Å². The molecular weight excluding hydrogens is 210 g/mol. The van der Waals surface area contributed by atoms with Gasteiger partial charge >= 0.3 is 0 Å². The quantitative estimate of drug-likeness (QED) is 0.849. The Morgan fingerprint density at radius 2 is 2.06 bits per heavy atom. The molecule has 1 aromatic rings. The molecule has 0 bridgehead atoms. The fraction of sp³-hybridized carbons (Fsp3) is 0.643. The number of nitrogens with zero attached hydrogens (tertiary/aromatic N) is 2. The van der Waals surface area contributed by atoms with Gasteiger partial charge in [0.2, 0.25) is 0 Å². The van der Waals surface area contributed by atoms with Crippen LogP contribution < -0.4 is 5.32 Å². The lowest BCUT2D eigenvalue weighted by Gasteiger charge is -2.22. The summed E-state index contributed by atoms with van der Waals surface area (Å²) in [5, 5.41) is 3.51. The second-order valence-corrected chi connectivity index (χ2v) is 5.54. The van der Waals surface area contributed by atoms with Crippen LogP contribution in [0.25, 0.3) is 0 Å². The van der Waals surface area contributed by atoms with Crippen LogP contribution in [0.1, 0.15) is 39.0 Å².